The molecule has 86 valence electrons. The molecule has 0 saturated carbocycles. The fraction of sp³-hybridized carbons (Fsp3) is 0.429. The van der Waals surface area contributed by atoms with Gasteiger partial charge in [-0.1, -0.05) is 36.4 Å². The van der Waals surface area contributed by atoms with Crippen LogP contribution in [0.5, 0.6) is 0 Å². The molecule has 0 fully saturated rings. The summed E-state index contributed by atoms with van der Waals surface area (Å²) >= 11 is 0. The van der Waals surface area contributed by atoms with Gasteiger partial charge >= 0.3 is 0 Å². The third kappa shape index (κ3) is 2.18. The van der Waals surface area contributed by atoms with E-state index in [2.05, 4.69) is 36.3 Å². The Morgan fingerprint density at radius 2 is 2.12 bits per heavy atom. The van der Waals surface area contributed by atoms with Gasteiger partial charge in [-0.2, -0.15) is 0 Å². The first-order chi connectivity index (χ1) is 7.72. The van der Waals surface area contributed by atoms with Gasteiger partial charge in [-0.15, -0.1) is 0 Å². The van der Waals surface area contributed by atoms with Crippen molar-refractivity contribution in [2.45, 2.75) is 32.2 Å². The van der Waals surface area contributed by atoms with Crippen LogP contribution in [0.15, 0.2) is 36.4 Å². The minimum Gasteiger partial charge on any atom is -0.271 e. The predicted molar refractivity (Wildman–Crippen MR) is 67.9 cm³/mol. The largest absolute Gasteiger partial charge is 0.271 e. The minimum atomic E-state index is 0.244. The summed E-state index contributed by atoms with van der Waals surface area (Å²) < 4.78 is 0. The highest BCUT2D eigenvalue weighted by Crippen LogP contribution is 2.29. The Balaban J connectivity index is 2.15. The van der Waals surface area contributed by atoms with E-state index < -0.39 is 0 Å². The first kappa shape index (κ1) is 11.4. The average molecular weight is 216 g/mol. The van der Waals surface area contributed by atoms with E-state index in [1.54, 1.807) is 0 Å². The first-order valence-corrected chi connectivity index (χ1v) is 5.90. The van der Waals surface area contributed by atoms with Gasteiger partial charge in [0.2, 0.25) is 0 Å². The normalized spacial score (nSPS) is 21.2. The Morgan fingerprint density at radius 3 is 2.75 bits per heavy atom. The zero-order valence-corrected chi connectivity index (χ0v) is 9.87. The van der Waals surface area contributed by atoms with Gasteiger partial charge in [-0.25, -0.2) is 0 Å². The minimum absolute atomic E-state index is 0.244. The lowest BCUT2D eigenvalue weighted by atomic mass is 9.78. The number of nitrogens with two attached hydrogens (primary N) is 1. The van der Waals surface area contributed by atoms with Crippen molar-refractivity contribution >= 4 is 0 Å². The maximum atomic E-state index is 5.61. The first-order valence-electron chi connectivity index (χ1n) is 5.90. The molecule has 1 aliphatic rings. The molecule has 2 heteroatoms. The number of hydrogen-bond donors (Lipinski definition) is 2. The SMILES string of the molecule is C=C(C)C(NN)C1CCc2ccccc2C1. The number of hydrogen-bond acceptors (Lipinski definition) is 2. The fourth-order valence-electron chi connectivity index (χ4n) is 2.69. The summed E-state index contributed by atoms with van der Waals surface area (Å²) in [4.78, 5) is 0. The van der Waals surface area contributed by atoms with Crippen LogP contribution in [0, 0.1) is 5.92 Å². The number of aryl methyl sites for hydroxylation is 1. The molecule has 16 heavy (non-hydrogen) atoms. The second-order valence-electron chi connectivity index (χ2n) is 4.76. The van der Waals surface area contributed by atoms with E-state index in [1.165, 1.54) is 17.5 Å². The molecule has 0 bridgehead atoms. The lowest BCUT2D eigenvalue weighted by molar-refractivity contribution is 0.357. The smallest absolute Gasteiger partial charge is 0.0445 e. The predicted octanol–water partition coefficient (Wildman–Crippen LogP) is 2.20. The summed E-state index contributed by atoms with van der Waals surface area (Å²) in [5.74, 6) is 6.19. The molecule has 1 aliphatic carbocycles. The van der Waals surface area contributed by atoms with E-state index in [0.29, 0.717) is 5.92 Å². The Labute approximate surface area is 97.5 Å². The monoisotopic (exact) mass is 216 g/mol. The van der Waals surface area contributed by atoms with Crippen LogP contribution in [-0.2, 0) is 12.8 Å². The number of rotatable bonds is 3. The molecule has 0 spiro atoms. The van der Waals surface area contributed by atoms with E-state index in [9.17, 15) is 0 Å². The molecule has 2 atom stereocenters. The highest BCUT2D eigenvalue weighted by atomic mass is 15.2. The molecule has 0 saturated heterocycles. The molecular formula is C14H20N2. The zero-order chi connectivity index (χ0) is 11.5. The summed E-state index contributed by atoms with van der Waals surface area (Å²) in [6.45, 7) is 6.06. The van der Waals surface area contributed by atoms with Crippen LogP contribution in [0.3, 0.4) is 0 Å². The second-order valence-corrected chi connectivity index (χ2v) is 4.76. The van der Waals surface area contributed by atoms with E-state index >= 15 is 0 Å². The van der Waals surface area contributed by atoms with Crippen molar-refractivity contribution in [3.05, 3.63) is 47.5 Å². The average Bonchev–Trinajstić information content (AvgIpc) is 2.29. The van der Waals surface area contributed by atoms with Crippen LogP contribution in [0.2, 0.25) is 0 Å². The lowest BCUT2D eigenvalue weighted by Gasteiger charge is -2.31. The molecule has 2 unspecified atom stereocenters. The molecule has 0 heterocycles. The van der Waals surface area contributed by atoms with Gasteiger partial charge in [0.1, 0.15) is 0 Å². The quantitative estimate of drug-likeness (QED) is 0.462. The zero-order valence-electron chi connectivity index (χ0n) is 9.87. The third-order valence-corrected chi connectivity index (χ3v) is 3.57. The molecule has 3 N–H and O–H groups in total. The van der Waals surface area contributed by atoms with Crippen molar-refractivity contribution in [2.24, 2.45) is 11.8 Å². The molecule has 0 aromatic heterocycles. The summed E-state index contributed by atoms with van der Waals surface area (Å²) in [6.07, 6.45) is 3.46. The molecule has 1 aromatic rings. The summed E-state index contributed by atoms with van der Waals surface area (Å²) in [7, 11) is 0. The van der Waals surface area contributed by atoms with Gasteiger partial charge in [0, 0.05) is 6.04 Å². The Bertz CT molecular complexity index is 384. The van der Waals surface area contributed by atoms with Crippen molar-refractivity contribution in [3.63, 3.8) is 0 Å². The number of nitrogens with one attached hydrogen (secondary N) is 1. The van der Waals surface area contributed by atoms with Crippen LogP contribution in [0.25, 0.3) is 0 Å². The van der Waals surface area contributed by atoms with E-state index in [0.717, 1.165) is 18.4 Å². The molecule has 0 aliphatic heterocycles. The maximum absolute atomic E-state index is 5.61. The van der Waals surface area contributed by atoms with Gasteiger partial charge in [0.05, 0.1) is 0 Å². The van der Waals surface area contributed by atoms with E-state index in [4.69, 9.17) is 5.84 Å². The van der Waals surface area contributed by atoms with Gasteiger partial charge in [-0.05, 0) is 43.2 Å². The Morgan fingerprint density at radius 1 is 1.44 bits per heavy atom. The van der Waals surface area contributed by atoms with E-state index in [1.807, 2.05) is 6.92 Å². The highest BCUT2D eigenvalue weighted by molar-refractivity contribution is 5.30. The number of benzene rings is 1. The Hall–Kier alpha value is -1.12. The molecule has 1 aromatic carbocycles. The highest BCUT2D eigenvalue weighted by Gasteiger charge is 2.25. The van der Waals surface area contributed by atoms with Gasteiger partial charge < -0.3 is 0 Å². The van der Waals surface area contributed by atoms with Crippen molar-refractivity contribution in [1.29, 1.82) is 0 Å². The molecule has 0 amide bonds. The summed E-state index contributed by atoms with van der Waals surface area (Å²) in [6, 6.07) is 8.95. The molecule has 0 radical (unpaired) electrons. The maximum Gasteiger partial charge on any atom is 0.0445 e. The van der Waals surface area contributed by atoms with Gasteiger partial charge in [-0.3, -0.25) is 11.3 Å². The van der Waals surface area contributed by atoms with Crippen LogP contribution in [-0.4, -0.2) is 6.04 Å². The summed E-state index contributed by atoms with van der Waals surface area (Å²) in [5.41, 5.74) is 7.00. The Kier molecular flexibility index (Phi) is 3.42. The molecule has 2 nitrogen and oxygen atoms in total. The topological polar surface area (TPSA) is 38.0 Å². The van der Waals surface area contributed by atoms with E-state index in [-0.39, 0.29) is 6.04 Å². The van der Waals surface area contributed by atoms with Crippen molar-refractivity contribution < 1.29 is 0 Å². The van der Waals surface area contributed by atoms with Gasteiger partial charge in [0.25, 0.3) is 0 Å². The molecule has 2 rings (SSSR count). The summed E-state index contributed by atoms with van der Waals surface area (Å²) in [5, 5.41) is 0. The van der Waals surface area contributed by atoms with Crippen LogP contribution < -0.4 is 11.3 Å². The third-order valence-electron chi connectivity index (χ3n) is 3.57. The van der Waals surface area contributed by atoms with Crippen LogP contribution >= 0.6 is 0 Å². The van der Waals surface area contributed by atoms with Crippen LogP contribution in [0.1, 0.15) is 24.5 Å². The van der Waals surface area contributed by atoms with Crippen molar-refractivity contribution in [3.8, 4) is 0 Å². The van der Waals surface area contributed by atoms with Crippen molar-refractivity contribution in [1.82, 2.24) is 5.43 Å². The second kappa shape index (κ2) is 4.81. The number of fused-ring (bicyclic) bond motifs is 1. The van der Waals surface area contributed by atoms with Gasteiger partial charge in [0.15, 0.2) is 0 Å². The van der Waals surface area contributed by atoms with Crippen molar-refractivity contribution in [2.75, 3.05) is 0 Å². The molecular weight excluding hydrogens is 196 g/mol. The lowest BCUT2D eigenvalue weighted by Crippen LogP contribution is -2.43. The fourth-order valence-corrected chi connectivity index (χ4v) is 2.69. The standard InChI is InChI=1S/C14H20N2/c1-10(2)14(16-15)13-8-7-11-5-3-4-6-12(11)9-13/h3-6,13-14,16H,1,7-9,15H2,2H3. The number of hydrazine groups is 1. The van der Waals surface area contributed by atoms with Crippen LogP contribution in [0.4, 0.5) is 0 Å².